The maximum absolute atomic E-state index is 13.1. The molecule has 1 aromatic carbocycles. The molecule has 1 N–H and O–H groups in total. The number of thiazole rings is 1. The van der Waals surface area contributed by atoms with E-state index in [2.05, 4.69) is 5.32 Å². The molecule has 0 bridgehead atoms. The lowest BCUT2D eigenvalue weighted by Gasteiger charge is -2.26. The molecule has 176 valence electrons. The molecule has 3 rings (SSSR count). The van der Waals surface area contributed by atoms with Gasteiger partial charge in [-0.1, -0.05) is 6.07 Å². The summed E-state index contributed by atoms with van der Waals surface area (Å²) in [5.41, 5.74) is 0.169. The average molecular weight is 477 g/mol. The molecule has 2 aromatic rings. The minimum atomic E-state index is -0.633. The van der Waals surface area contributed by atoms with Gasteiger partial charge >= 0.3 is 5.97 Å². The van der Waals surface area contributed by atoms with Crippen LogP contribution in [0.4, 0.5) is 11.4 Å². The molecule has 12 heteroatoms. The van der Waals surface area contributed by atoms with E-state index in [1.165, 1.54) is 22.8 Å². The van der Waals surface area contributed by atoms with Crippen LogP contribution in [0.15, 0.2) is 23.0 Å². The van der Waals surface area contributed by atoms with Crippen molar-refractivity contribution < 1.29 is 24.0 Å². The van der Waals surface area contributed by atoms with Gasteiger partial charge in [-0.25, -0.2) is 4.79 Å². The fourth-order valence-corrected chi connectivity index (χ4v) is 4.31. The summed E-state index contributed by atoms with van der Waals surface area (Å²) in [6, 6.07) is 4.53. The zero-order chi connectivity index (χ0) is 24.0. The van der Waals surface area contributed by atoms with Gasteiger partial charge in [0.05, 0.1) is 35.4 Å². The highest BCUT2D eigenvalue weighted by molar-refractivity contribution is 7.07. The molecule has 1 aromatic heterocycles. The molecule has 0 aliphatic carbocycles. The summed E-state index contributed by atoms with van der Waals surface area (Å²) in [5, 5.41) is 14.1. The highest BCUT2D eigenvalue weighted by Gasteiger charge is 2.19. The molecule has 0 radical (unpaired) electrons. The number of carbonyl (C=O) groups is 2. The predicted molar refractivity (Wildman–Crippen MR) is 123 cm³/mol. The molecule has 2 heterocycles. The van der Waals surface area contributed by atoms with Gasteiger partial charge in [-0.15, -0.1) is 11.3 Å². The van der Waals surface area contributed by atoms with E-state index in [9.17, 15) is 24.5 Å². The highest BCUT2D eigenvalue weighted by Crippen LogP contribution is 2.25. The predicted octanol–water partition coefficient (Wildman–Crippen LogP) is -0.109. The van der Waals surface area contributed by atoms with E-state index < -0.39 is 16.5 Å². The summed E-state index contributed by atoms with van der Waals surface area (Å²) < 4.78 is 11.9. The number of esters is 1. The van der Waals surface area contributed by atoms with Gasteiger partial charge in [0.25, 0.3) is 11.2 Å². The Morgan fingerprint density at radius 1 is 1.33 bits per heavy atom. The Morgan fingerprint density at radius 3 is 2.70 bits per heavy atom. The first kappa shape index (κ1) is 24.1. The average Bonchev–Trinajstić information content (AvgIpc) is 3.08. The largest absolute Gasteiger partial charge is 0.463 e. The van der Waals surface area contributed by atoms with Crippen molar-refractivity contribution >= 4 is 46.7 Å². The number of nitrogens with zero attached hydrogens (tertiary/aromatic N) is 3. The van der Waals surface area contributed by atoms with E-state index >= 15 is 0 Å². The van der Waals surface area contributed by atoms with Gasteiger partial charge in [0.1, 0.15) is 16.9 Å². The number of nitrogens with one attached hydrogen (secondary N) is 1. The van der Waals surface area contributed by atoms with Crippen LogP contribution in [0, 0.1) is 10.1 Å². The third-order valence-corrected chi connectivity index (χ3v) is 5.97. The lowest BCUT2D eigenvalue weighted by molar-refractivity contribution is -0.384. The molecule has 0 saturated carbocycles. The second-order valence-electron chi connectivity index (χ2n) is 7.01. The van der Waals surface area contributed by atoms with Crippen molar-refractivity contribution in [2.75, 3.05) is 45.3 Å². The minimum Gasteiger partial charge on any atom is -0.463 e. The standard InChI is InChI=1S/C21H24N4O7S/c1-3-32-20(27)12-19-24(13-18(26)23-6-8-31-9-7-23)21(28)17(33-19)11-14-4-5-15(22-2)16(10-14)25(29)30/h4-5,10-12,22H,3,6-9,13H2,1-2H3/b17-11-,19-12-. The number of carbonyl (C=O) groups excluding carboxylic acids is 2. The topological polar surface area (TPSA) is 133 Å². The highest BCUT2D eigenvalue weighted by atomic mass is 32.1. The van der Waals surface area contributed by atoms with Crippen LogP contribution in [0.3, 0.4) is 0 Å². The number of aromatic nitrogens is 1. The second kappa shape index (κ2) is 10.9. The fourth-order valence-electron chi connectivity index (χ4n) is 3.28. The number of morpholine rings is 1. The molecule has 11 nitrogen and oxygen atoms in total. The van der Waals surface area contributed by atoms with E-state index in [-0.39, 0.29) is 33.9 Å². The van der Waals surface area contributed by atoms with Crippen molar-refractivity contribution in [3.8, 4) is 0 Å². The summed E-state index contributed by atoms with van der Waals surface area (Å²) in [6.45, 7) is 3.28. The first-order valence-electron chi connectivity index (χ1n) is 10.3. The van der Waals surface area contributed by atoms with Gasteiger partial charge < -0.3 is 19.7 Å². The Balaban J connectivity index is 2.07. The summed E-state index contributed by atoms with van der Waals surface area (Å²) >= 11 is 1.01. The van der Waals surface area contributed by atoms with Gasteiger partial charge in [-0.2, -0.15) is 0 Å². The number of benzene rings is 1. The number of ether oxygens (including phenoxy) is 2. The minimum absolute atomic E-state index is 0.135. The Kier molecular flexibility index (Phi) is 7.96. The molecule has 1 saturated heterocycles. The van der Waals surface area contributed by atoms with Crippen molar-refractivity contribution in [3.63, 3.8) is 0 Å². The lowest BCUT2D eigenvalue weighted by atomic mass is 10.1. The summed E-state index contributed by atoms with van der Waals surface area (Å²) in [7, 11) is 1.58. The third-order valence-electron chi connectivity index (χ3n) is 4.91. The van der Waals surface area contributed by atoms with Crippen LogP contribution in [0.1, 0.15) is 12.5 Å². The van der Waals surface area contributed by atoms with Gasteiger partial charge in [0.15, 0.2) is 0 Å². The van der Waals surface area contributed by atoms with Crippen LogP contribution >= 0.6 is 11.3 Å². The van der Waals surface area contributed by atoms with Crippen LogP contribution in [-0.2, 0) is 25.6 Å². The number of rotatable bonds is 7. The second-order valence-corrected chi connectivity index (χ2v) is 8.08. The summed E-state index contributed by atoms with van der Waals surface area (Å²) in [4.78, 5) is 50.3. The molecule has 1 aliphatic heterocycles. The smallest absolute Gasteiger partial charge is 0.333 e. The van der Waals surface area contributed by atoms with Crippen molar-refractivity contribution in [3.05, 3.63) is 53.4 Å². The summed E-state index contributed by atoms with van der Waals surface area (Å²) in [5.74, 6) is -0.899. The normalized spacial score (nSPS) is 14.9. The molecule has 0 spiro atoms. The SMILES string of the molecule is CCOC(=O)/C=c1\s/c(=C\c2ccc(NC)c([N+](=O)[O-])c2)c(=O)n1CC(=O)N1CCOCC1. The fraction of sp³-hybridized carbons (Fsp3) is 0.381. The maximum Gasteiger partial charge on any atom is 0.333 e. The molecule has 1 fully saturated rings. The number of hydrogen-bond acceptors (Lipinski definition) is 9. The molecule has 1 amide bonds. The molecular formula is C21H24N4O7S. The van der Waals surface area contributed by atoms with E-state index in [0.29, 0.717) is 37.6 Å². The Bertz CT molecular complexity index is 1230. The molecule has 1 aliphatic rings. The number of amides is 1. The third kappa shape index (κ3) is 5.84. The van der Waals surface area contributed by atoms with Crippen molar-refractivity contribution in [2.24, 2.45) is 0 Å². The van der Waals surface area contributed by atoms with Crippen LogP contribution in [0.2, 0.25) is 0 Å². The molecule has 0 unspecified atom stereocenters. The number of anilines is 1. The number of nitro benzene ring substituents is 1. The van der Waals surface area contributed by atoms with Gasteiger partial charge in [0, 0.05) is 26.2 Å². The van der Waals surface area contributed by atoms with Gasteiger partial charge in [0.2, 0.25) is 5.91 Å². The summed E-state index contributed by atoms with van der Waals surface area (Å²) in [6.07, 6.45) is 2.67. The van der Waals surface area contributed by atoms with E-state index in [0.717, 1.165) is 11.3 Å². The van der Waals surface area contributed by atoms with Crippen LogP contribution in [0.25, 0.3) is 12.2 Å². The van der Waals surface area contributed by atoms with Crippen LogP contribution in [0.5, 0.6) is 0 Å². The number of hydrogen-bond donors (Lipinski definition) is 1. The molecule has 33 heavy (non-hydrogen) atoms. The lowest BCUT2D eigenvalue weighted by Crippen LogP contribution is -2.45. The molecule has 0 atom stereocenters. The van der Waals surface area contributed by atoms with E-state index in [1.807, 2.05) is 0 Å². The quantitative estimate of drug-likeness (QED) is 0.333. The van der Waals surface area contributed by atoms with Crippen molar-refractivity contribution in [1.29, 1.82) is 0 Å². The Hall–Kier alpha value is -3.51. The van der Waals surface area contributed by atoms with Gasteiger partial charge in [-0.05, 0) is 24.6 Å². The van der Waals surface area contributed by atoms with E-state index in [1.54, 1.807) is 31.0 Å². The first-order valence-corrected chi connectivity index (χ1v) is 11.1. The first-order chi connectivity index (χ1) is 15.8. The Labute approximate surface area is 192 Å². The maximum atomic E-state index is 13.1. The van der Waals surface area contributed by atoms with Crippen molar-refractivity contribution in [1.82, 2.24) is 9.47 Å². The monoisotopic (exact) mass is 476 g/mol. The van der Waals surface area contributed by atoms with Crippen molar-refractivity contribution in [2.45, 2.75) is 13.5 Å². The Morgan fingerprint density at radius 2 is 2.06 bits per heavy atom. The van der Waals surface area contributed by atoms with Crippen LogP contribution in [-0.4, -0.2) is 66.2 Å². The zero-order valence-electron chi connectivity index (χ0n) is 18.2. The van der Waals surface area contributed by atoms with Gasteiger partial charge in [-0.3, -0.25) is 24.3 Å². The van der Waals surface area contributed by atoms with E-state index in [4.69, 9.17) is 9.47 Å². The van der Waals surface area contributed by atoms with Crippen LogP contribution < -0.4 is 20.1 Å². The molecular weight excluding hydrogens is 452 g/mol. The zero-order valence-corrected chi connectivity index (χ0v) is 19.1. The number of nitro groups is 1.